The molecular formula is C12H14F4N2O3S. The highest BCUT2D eigenvalue weighted by atomic mass is 32.2. The van der Waals surface area contributed by atoms with Gasteiger partial charge in [0.2, 0.25) is 15.9 Å². The molecule has 124 valence electrons. The molecule has 0 spiro atoms. The molecule has 0 aromatic heterocycles. The molecule has 0 aliphatic heterocycles. The van der Waals surface area contributed by atoms with Crippen LogP contribution in [0.2, 0.25) is 0 Å². The van der Waals surface area contributed by atoms with Crippen LogP contribution in [-0.4, -0.2) is 44.7 Å². The summed E-state index contributed by atoms with van der Waals surface area (Å²) < 4.78 is 74.7. The van der Waals surface area contributed by atoms with E-state index >= 15 is 0 Å². The third-order valence-corrected chi connectivity index (χ3v) is 4.03. The molecule has 22 heavy (non-hydrogen) atoms. The zero-order chi connectivity index (χ0) is 17.1. The molecule has 0 aliphatic carbocycles. The molecule has 1 aromatic carbocycles. The third kappa shape index (κ3) is 5.26. The Labute approximate surface area is 125 Å². The molecule has 0 aliphatic rings. The van der Waals surface area contributed by atoms with Crippen molar-refractivity contribution in [3.8, 4) is 0 Å². The predicted octanol–water partition coefficient (Wildman–Crippen LogP) is 1.44. The highest BCUT2D eigenvalue weighted by Crippen LogP contribution is 2.32. The van der Waals surface area contributed by atoms with Crippen LogP contribution < -0.4 is 5.32 Å². The van der Waals surface area contributed by atoms with Gasteiger partial charge in [-0.25, -0.2) is 12.8 Å². The number of hydrogen-bond acceptors (Lipinski definition) is 3. The Morgan fingerprint density at radius 2 is 1.77 bits per heavy atom. The van der Waals surface area contributed by atoms with Crippen LogP contribution in [0, 0.1) is 5.82 Å². The molecule has 0 heterocycles. The number of amides is 1. The normalized spacial score (nSPS) is 14.0. The fourth-order valence-corrected chi connectivity index (χ4v) is 1.89. The lowest BCUT2D eigenvalue weighted by Crippen LogP contribution is -2.43. The summed E-state index contributed by atoms with van der Waals surface area (Å²) >= 11 is 0. The van der Waals surface area contributed by atoms with Gasteiger partial charge in [-0.15, -0.1) is 0 Å². The highest BCUT2D eigenvalue weighted by Gasteiger charge is 2.42. The molecule has 0 unspecified atom stereocenters. The second-order valence-corrected chi connectivity index (χ2v) is 6.70. The van der Waals surface area contributed by atoms with E-state index in [-0.39, 0.29) is 5.56 Å². The van der Waals surface area contributed by atoms with Gasteiger partial charge >= 0.3 is 6.18 Å². The summed E-state index contributed by atoms with van der Waals surface area (Å²) in [5.74, 6) is -1.84. The van der Waals surface area contributed by atoms with Gasteiger partial charge in [-0.3, -0.25) is 4.79 Å². The highest BCUT2D eigenvalue weighted by molar-refractivity contribution is 7.88. The first kappa shape index (κ1) is 18.4. The van der Waals surface area contributed by atoms with E-state index in [0.29, 0.717) is 4.31 Å². The van der Waals surface area contributed by atoms with Gasteiger partial charge in [0.15, 0.2) is 6.04 Å². The van der Waals surface area contributed by atoms with Crippen LogP contribution in [0.4, 0.5) is 17.6 Å². The van der Waals surface area contributed by atoms with Gasteiger partial charge in [0.1, 0.15) is 5.82 Å². The number of halogens is 4. The van der Waals surface area contributed by atoms with Crippen molar-refractivity contribution in [3.05, 3.63) is 35.6 Å². The van der Waals surface area contributed by atoms with Crippen LogP contribution in [-0.2, 0) is 14.8 Å². The van der Waals surface area contributed by atoms with Crippen molar-refractivity contribution in [2.24, 2.45) is 0 Å². The number of benzene rings is 1. The minimum atomic E-state index is -4.81. The number of likely N-dealkylation sites (N-methyl/N-ethyl adjacent to an activating group) is 1. The average molecular weight is 342 g/mol. The number of sulfonamides is 1. The molecule has 0 saturated carbocycles. The number of hydrogen-bond donors (Lipinski definition) is 1. The topological polar surface area (TPSA) is 66.5 Å². The van der Waals surface area contributed by atoms with Crippen molar-refractivity contribution in [2.45, 2.75) is 12.2 Å². The Bertz CT molecular complexity index is 629. The Morgan fingerprint density at radius 1 is 1.27 bits per heavy atom. The van der Waals surface area contributed by atoms with E-state index in [0.717, 1.165) is 37.6 Å². The van der Waals surface area contributed by atoms with Crippen LogP contribution in [0.3, 0.4) is 0 Å². The van der Waals surface area contributed by atoms with Crippen molar-refractivity contribution in [1.29, 1.82) is 0 Å². The largest absolute Gasteiger partial charge is 0.412 e. The molecule has 0 radical (unpaired) electrons. The van der Waals surface area contributed by atoms with E-state index in [9.17, 15) is 30.8 Å². The third-order valence-electron chi connectivity index (χ3n) is 2.77. The van der Waals surface area contributed by atoms with Gasteiger partial charge < -0.3 is 5.32 Å². The number of nitrogens with one attached hydrogen (secondary N) is 1. The molecule has 0 bridgehead atoms. The fourth-order valence-electron chi connectivity index (χ4n) is 1.54. The summed E-state index contributed by atoms with van der Waals surface area (Å²) in [6, 6.07) is 1.11. The molecule has 1 aromatic rings. The molecular weight excluding hydrogens is 328 g/mol. The second kappa shape index (κ2) is 6.61. The lowest BCUT2D eigenvalue weighted by molar-refractivity contribution is -0.163. The van der Waals surface area contributed by atoms with Crippen molar-refractivity contribution >= 4 is 15.9 Å². The summed E-state index contributed by atoms with van der Waals surface area (Å²) in [5.41, 5.74) is -0.357. The maximum absolute atomic E-state index is 13.0. The molecule has 1 atom stereocenters. The minimum Gasteiger partial charge on any atom is -0.340 e. The Hall–Kier alpha value is -1.68. The molecule has 5 nitrogen and oxygen atoms in total. The van der Waals surface area contributed by atoms with Crippen LogP contribution >= 0.6 is 0 Å². The number of alkyl halides is 3. The van der Waals surface area contributed by atoms with E-state index < -0.39 is 40.5 Å². The predicted molar refractivity (Wildman–Crippen MR) is 70.8 cm³/mol. The molecule has 1 N–H and O–H groups in total. The molecule has 1 rings (SSSR count). The maximum atomic E-state index is 13.0. The van der Waals surface area contributed by atoms with Crippen molar-refractivity contribution < 1.29 is 30.8 Å². The lowest BCUT2D eigenvalue weighted by atomic mass is 10.1. The Kier molecular flexibility index (Phi) is 5.52. The van der Waals surface area contributed by atoms with Crippen molar-refractivity contribution in [2.75, 3.05) is 19.8 Å². The van der Waals surface area contributed by atoms with E-state index in [4.69, 9.17) is 0 Å². The standard InChI is InChI=1S/C12H14F4N2O3S/c1-18(22(2,20)21)7-10(19)17-11(12(14,15)16)8-3-5-9(13)6-4-8/h3-6,11H,7H2,1-2H3,(H,17,19)/t11-/m1/s1. The minimum absolute atomic E-state index is 0.357. The fraction of sp³-hybridized carbons (Fsp3) is 0.417. The number of nitrogens with zero attached hydrogens (tertiary/aromatic N) is 1. The molecule has 0 fully saturated rings. The number of carbonyl (C=O) groups is 1. The number of rotatable bonds is 5. The van der Waals surface area contributed by atoms with Gasteiger partial charge in [-0.2, -0.15) is 17.5 Å². The van der Waals surface area contributed by atoms with E-state index in [1.54, 1.807) is 5.32 Å². The first-order valence-electron chi connectivity index (χ1n) is 5.94. The SMILES string of the molecule is CN(CC(=O)N[C@H](c1ccc(F)cc1)C(F)(F)F)S(C)(=O)=O. The maximum Gasteiger partial charge on any atom is 0.412 e. The lowest BCUT2D eigenvalue weighted by Gasteiger charge is -2.23. The quantitative estimate of drug-likeness (QED) is 0.824. The monoisotopic (exact) mass is 342 g/mol. The smallest absolute Gasteiger partial charge is 0.340 e. The van der Waals surface area contributed by atoms with Crippen LogP contribution in [0.15, 0.2) is 24.3 Å². The molecule has 0 saturated heterocycles. The zero-order valence-electron chi connectivity index (χ0n) is 11.7. The first-order chi connectivity index (χ1) is 9.91. The zero-order valence-corrected chi connectivity index (χ0v) is 12.5. The van der Waals surface area contributed by atoms with Crippen LogP contribution in [0.25, 0.3) is 0 Å². The second-order valence-electron chi connectivity index (χ2n) is 4.61. The van der Waals surface area contributed by atoms with Crippen molar-refractivity contribution in [1.82, 2.24) is 9.62 Å². The Morgan fingerprint density at radius 3 is 2.18 bits per heavy atom. The average Bonchev–Trinajstić information content (AvgIpc) is 2.34. The molecule has 1 amide bonds. The van der Waals surface area contributed by atoms with Crippen LogP contribution in [0.1, 0.15) is 11.6 Å². The summed E-state index contributed by atoms with van der Waals surface area (Å²) in [5, 5.41) is 1.70. The molecule has 10 heteroatoms. The summed E-state index contributed by atoms with van der Waals surface area (Å²) in [6.45, 7) is -0.757. The Balaban J connectivity index is 2.92. The van der Waals surface area contributed by atoms with Crippen LogP contribution in [0.5, 0.6) is 0 Å². The van der Waals surface area contributed by atoms with Gasteiger partial charge in [0, 0.05) is 7.05 Å². The van der Waals surface area contributed by atoms with Crippen molar-refractivity contribution in [3.63, 3.8) is 0 Å². The van der Waals surface area contributed by atoms with E-state index in [2.05, 4.69) is 0 Å². The first-order valence-corrected chi connectivity index (χ1v) is 7.79. The van der Waals surface area contributed by atoms with Gasteiger partial charge in [0.25, 0.3) is 0 Å². The number of carbonyl (C=O) groups excluding carboxylic acids is 1. The summed E-state index contributed by atoms with van der Waals surface area (Å²) in [7, 11) is -2.63. The van der Waals surface area contributed by atoms with Gasteiger partial charge in [-0.05, 0) is 17.7 Å². The van der Waals surface area contributed by atoms with Gasteiger partial charge in [0.05, 0.1) is 12.8 Å². The van der Waals surface area contributed by atoms with E-state index in [1.165, 1.54) is 0 Å². The summed E-state index contributed by atoms with van der Waals surface area (Å²) in [6.07, 6.45) is -3.99. The van der Waals surface area contributed by atoms with E-state index in [1.807, 2.05) is 0 Å². The summed E-state index contributed by atoms with van der Waals surface area (Å²) in [4.78, 5) is 11.6. The van der Waals surface area contributed by atoms with Gasteiger partial charge in [-0.1, -0.05) is 12.1 Å².